The Bertz CT molecular complexity index is 1340. The SMILES string of the molecule is O=C(N[C@@H]1C[C@@H](Cl)[C@@H](CN2C(=O)[C@](O)(c3ccccc3F)c3ccccc32)C[C@H]1C(F)F)c1cccnc1. The Labute approximate surface area is 222 Å². The molecule has 198 valence electrons. The number of carbonyl (C=O) groups is 2. The second-order valence-corrected chi connectivity index (χ2v) is 10.3. The van der Waals surface area contributed by atoms with Crippen LogP contribution in [-0.2, 0) is 10.4 Å². The number of fused-ring (bicyclic) bond motifs is 1. The van der Waals surface area contributed by atoms with E-state index in [9.17, 15) is 27.9 Å². The van der Waals surface area contributed by atoms with Crippen LogP contribution in [-0.4, -0.2) is 46.3 Å². The maximum Gasteiger partial charge on any atom is 0.268 e. The van der Waals surface area contributed by atoms with Gasteiger partial charge in [-0.05, 0) is 43.0 Å². The summed E-state index contributed by atoms with van der Waals surface area (Å²) in [5.41, 5.74) is -1.62. The number of para-hydroxylation sites is 1. The molecule has 1 aromatic heterocycles. The highest BCUT2D eigenvalue weighted by Gasteiger charge is 2.53. The summed E-state index contributed by atoms with van der Waals surface area (Å²) < 4.78 is 43.1. The smallest absolute Gasteiger partial charge is 0.268 e. The summed E-state index contributed by atoms with van der Waals surface area (Å²) in [7, 11) is 0. The number of hydrogen-bond acceptors (Lipinski definition) is 4. The average molecular weight is 544 g/mol. The molecule has 0 bridgehead atoms. The van der Waals surface area contributed by atoms with Gasteiger partial charge >= 0.3 is 0 Å². The number of amides is 2. The summed E-state index contributed by atoms with van der Waals surface area (Å²) in [5, 5.41) is 13.6. The standard InChI is InChI=1S/C28H25ClF3N3O3/c29-21-13-23(34-26(36)16-6-5-11-33-14-16)18(25(31)32)12-17(21)15-35-24-10-4-2-8-20(24)28(38,27(35)37)19-7-1-3-9-22(19)30/h1-11,14,17-18,21,23,25,38H,12-13,15H2,(H,34,36)/t17-,18-,21-,23-,28+/m1/s1. The number of nitrogens with one attached hydrogen (secondary N) is 1. The number of halogens is 4. The highest BCUT2D eigenvalue weighted by atomic mass is 35.5. The van der Waals surface area contributed by atoms with Crippen LogP contribution in [0.5, 0.6) is 0 Å². The summed E-state index contributed by atoms with van der Waals surface area (Å²) in [6.07, 6.45) is 0.119. The van der Waals surface area contributed by atoms with Gasteiger partial charge in [-0.15, -0.1) is 11.6 Å². The van der Waals surface area contributed by atoms with Crippen molar-refractivity contribution in [1.29, 1.82) is 0 Å². The Morgan fingerprint density at radius 1 is 1.11 bits per heavy atom. The van der Waals surface area contributed by atoms with Gasteiger partial charge in [0.15, 0.2) is 5.60 Å². The molecule has 0 saturated heterocycles. The Kier molecular flexibility index (Phi) is 7.15. The summed E-state index contributed by atoms with van der Waals surface area (Å²) in [4.78, 5) is 31.5. The second-order valence-electron chi connectivity index (χ2n) is 9.69. The van der Waals surface area contributed by atoms with Crippen molar-refractivity contribution in [3.63, 3.8) is 0 Å². The Morgan fingerprint density at radius 3 is 2.50 bits per heavy atom. The monoisotopic (exact) mass is 543 g/mol. The van der Waals surface area contributed by atoms with Gasteiger partial charge < -0.3 is 15.3 Å². The van der Waals surface area contributed by atoms with Gasteiger partial charge in [0.2, 0.25) is 6.43 Å². The Morgan fingerprint density at radius 2 is 1.82 bits per heavy atom. The largest absolute Gasteiger partial charge is 0.372 e. The van der Waals surface area contributed by atoms with Crippen LogP contribution in [0.4, 0.5) is 18.9 Å². The number of aromatic nitrogens is 1. The normalized spacial score (nSPS) is 26.9. The van der Waals surface area contributed by atoms with Crippen molar-refractivity contribution < 1.29 is 27.9 Å². The minimum absolute atomic E-state index is 0.0483. The van der Waals surface area contributed by atoms with Crippen molar-refractivity contribution in [1.82, 2.24) is 10.3 Å². The van der Waals surface area contributed by atoms with Crippen molar-refractivity contribution >= 4 is 29.1 Å². The fourth-order valence-electron chi connectivity index (χ4n) is 5.52. The Balaban J connectivity index is 1.39. The first kappa shape index (κ1) is 26.2. The highest BCUT2D eigenvalue weighted by Crippen LogP contribution is 2.46. The molecule has 2 aliphatic rings. The predicted molar refractivity (Wildman–Crippen MR) is 136 cm³/mol. The molecular formula is C28H25ClF3N3O3. The first-order valence-corrected chi connectivity index (χ1v) is 12.7. The molecule has 0 spiro atoms. The third-order valence-corrected chi connectivity index (χ3v) is 8.00. The molecule has 6 nitrogen and oxygen atoms in total. The van der Waals surface area contributed by atoms with E-state index in [1.165, 1.54) is 41.6 Å². The zero-order valence-electron chi connectivity index (χ0n) is 20.1. The lowest BCUT2D eigenvalue weighted by molar-refractivity contribution is -0.132. The van der Waals surface area contributed by atoms with Crippen molar-refractivity contribution in [2.45, 2.75) is 36.3 Å². The molecule has 38 heavy (non-hydrogen) atoms. The van der Waals surface area contributed by atoms with Crippen LogP contribution in [0.1, 0.15) is 34.3 Å². The molecule has 1 aliphatic carbocycles. The molecule has 3 aromatic rings. The summed E-state index contributed by atoms with van der Waals surface area (Å²) >= 11 is 6.67. The quantitative estimate of drug-likeness (QED) is 0.449. The molecule has 0 radical (unpaired) electrons. The van der Waals surface area contributed by atoms with E-state index < -0.39 is 52.9 Å². The number of hydrogen-bond donors (Lipinski definition) is 2. The molecule has 2 aromatic carbocycles. The fraction of sp³-hybridized carbons (Fsp3) is 0.321. The molecule has 2 amide bonds. The summed E-state index contributed by atoms with van der Waals surface area (Å²) in [5.74, 6) is -3.79. The number of pyridine rings is 1. The van der Waals surface area contributed by atoms with E-state index in [4.69, 9.17) is 11.6 Å². The molecule has 5 rings (SSSR count). The van der Waals surface area contributed by atoms with E-state index in [-0.39, 0.29) is 36.1 Å². The zero-order chi connectivity index (χ0) is 27.0. The maximum atomic E-state index is 14.7. The van der Waals surface area contributed by atoms with Crippen LogP contribution in [0.3, 0.4) is 0 Å². The van der Waals surface area contributed by atoms with E-state index in [0.717, 1.165) is 6.07 Å². The van der Waals surface area contributed by atoms with Crippen molar-refractivity contribution in [3.05, 3.63) is 95.6 Å². The molecular weight excluding hydrogens is 519 g/mol. The fourth-order valence-corrected chi connectivity index (χ4v) is 5.89. The molecule has 10 heteroatoms. The van der Waals surface area contributed by atoms with Crippen LogP contribution in [0, 0.1) is 17.7 Å². The summed E-state index contributed by atoms with van der Waals surface area (Å²) in [6, 6.07) is 14.2. The van der Waals surface area contributed by atoms with Crippen LogP contribution in [0.2, 0.25) is 0 Å². The minimum atomic E-state index is -2.74. The predicted octanol–water partition coefficient (Wildman–Crippen LogP) is 4.50. The van der Waals surface area contributed by atoms with Crippen LogP contribution >= 0.6 is 11.6 Å². The van der Waals surface area contributed by atoms with Gasteiger partial charge in [-0.25, -0.2) is 13.2 Å². The first-order chi connectivity index (χ1) is 18.2. The molecule has 5 atom stereocenters. The van der Waals surface area contributed by atoms with Crippen molar-refractivity contribution in [2.75, 3.05) is 11.4 Å². The highest BCUT2D eigenvalue weighted by molar-refractivity contribution is 6.21. The van der Waals surface area contributed by atoms with Gasteiger partial charge in [-0.1, -0.05) is 36.4 Å². The molecule has 1 fully saturated rings. The first-order valence-electron chi connectivity index (χ1n) is 12.2. The van der Waals surface area contributed by atoms with Gasteiger partial charge in [0.1, 0.15) is 5.82 Å². The summed E-state index contributed by atoms with van der Waals surface area (Å²) in [6.45, 7) is -0.0483. The average Bonchev–Trinajstić information content (AvgIpc) is 3.13. The molecule has 1 aliphatic heterocycles. The van der Waals surface area contributed by atoms with Crippen molar-refractivity contribution in [2.24, 2.45) is 11.8 Å². The van der Waals surface area contributed by atoms with Crippen LogP contribution in [0.25, 0.3) is 0 Å². The van der Waals surface area contributed by atoms with E-state index >= 15 is 0 Å². The van der Waals surface area contributed by atoms with Gasteiger partial charge in [0.05, 0.1) is 11.3 Å². The molecule has 2 heterocycles. The van der Waals surface area contributed by atoms with E-state index in [1.807, 2.05) is 0 Å². The minimum Gasteiger partial charge on any atom is -0.372 e. The van der Waals surface area contributed by atoms with Gasteiger partial charge in [-0.3, -0.25) is 14.6 Å². The Hall–Kier alpha value is -3.43. The van der Waals surface area contributed by atoms with E-state index in [0.29, 0.717) is 5.69 Å². The lowest BCUT2D eigenvalue weighted by Gasteiger charge is -2.40. The molecule has 1 saturated carbocycles. The van der Waals surface area contributed by atoms with Gasteiger partial charge in [0.25, 0.3) is 11.8 Å². The van der Waals surface area contributed by atoms with Crippen LogP contribution in [0.15, 0.2) is 73.1 Å². The lowest BCUT2D eigenvalue weighted by Crippen LogP contribution is -2.52. The lowest BCUT2D eigenvalue weighted by atomic mass is 9.77. The topological polar surface area (TPSA) is 82.5 Å². The zero-order valence-corrected chi connectivity index (χ0v) is 20.9. The number of benzene rings is 2. The van der Waals surface area contributed by atoms with Crippen molar-refractivity contribution in [3.8, 4) is 0 Å². The third kappa shape index (κ3) is 4.54. The van der Waals surface area contributed by atoms with Gasteiger partial charge in [0, 0.05) is 47.4 Å². The number of carbonyl (C=O) groups excluding carboxylic acids is 2. The number of aliphatic hydroxyl groups is 1. The third-order valence-electron chi connectivity index (χ3n) is 7.47. The number of nitrogens with zero attached hydrogens (tertiary/aromatic N) is 2. The molecule has 2 N–H and O–H groups in total. The number of rotatable bonds is 6. The maximum absolute atomic E-state index is 14.7. The number of alkyl halides is 3. The number of anilines is 1. The second kappa shape index (κ2) is 10.4. The van der Waals surface area contributed by atoms with E-state index in [2.05, 4.69) is 10.3 Å². The molecule has 0 unspecified atom stereocenters. The van der Waals surface area contributed by atoms with E-state index in [1.54, 1.807) is 30.3 Å². The van der Waals surface area contributed by atoms with Crippen LogP contribution < -0.4 is 10.2 Å². The van der Waals surface area contributed by atoms with Gasteiger partial charge in [-0.2, -0.15) is 0 Å².